The number of aromatic amines is 1. The van der Waals surface area contributed by atoms with Crippen molar-refractivity contribution in [1.29, 1.82) is 0 Å². The molecule has 0 aliphatic carbocycles. The Kier molecular flexibility index (Phi) is 3.83. The molecule has 0 spiro atoms. The quantitative estimate of drug-likeness (QED) is 0.581. The van der Waals surface area contributed by atoms with Crippen molar-refractivity contribution in [2.75, 3.05) is 5.88 Å². The van der Waals surface area contributed by atoms with Gasteiger partial charge in [-0.3, -0.25) is 4.79 Å². The van der Waals surface area contributed by atoms with Crippen LogP contribution in [0.5, 0.6) is 5.88 Å². The van der Waals surface area contributed by atoms with Crippen LogP contribution >= 0.6 is 11.6 Å². The number of nitrogens with zero attached hydrogens (tertiary/aromatic N) is 2. The molecule has 5 nitrogen and oxygen atoms in total. The van der Waals surface area contributed by atoms with Gasteiger partial charge in [-0.15, -0.1) is 11.6 Å². The van der Waals surface area contributed by atoms with E-state index in [-0.39, 0.29) is 11.7 Å². The molecule has 1 N–H and O–H groups in total. The Bertz CT molecular complexity index is 771. The molecule has 2 heterocycles. The van der Waals surface area contributed by atoms with Gasteiger partial charge in [-0.05, 0) is 5.56 Å². The molecule has 6 heteroatoms. The number of benzene rings is 1. The molecule has 106 valence electrons. The fourth-order valence-electron chi connectivity index (χ4n) is 2.06. The topological polar surface area (TPSA) is 67.9 Å². The summed E-state index contributed by atoms with van der Waals surface area (Å²) in [5, 5.41) is 0.569. The summed E-state index contributed by atoms with van der Waals surface area (Å²) in [6.07, 6.45) is 2.98. The van der Waals surface area contributed by atoms with Gasteiger partial charge < -0.3 is 9.72 Å². The second-order valence-electron chi connectivity index (χ2n) is 4.44. The lowest BCUT2D eigenvalue weighted by Crippen LogP contribution is -2.02. The number of fused-ring (bicyclic) bond motifs is 1. The number of hydrogen-bond acceptors (Lipinski definition) is 4. The summed E-state index contributed by atoms with van der Waals surface area (Å²) in [6, 6.07) is 9.73. The molecular weight excluding hydrogens is 290 g/mol. The highest BCUT2D eigenvalue weighted by Gasteiger charge is 2.17. The normalized spacial score (nSPS) is 10.7. The summed E-state index contributed by atoms with van der Waals surface area (Å²) in [6.45, 7) is 0.368. The second-order valence-corrected chi connectivity index (χ2v) is 4.70. The smallest absolute Gasteiger partial charge is 0.227 e. The van der Waals surface area contributed by atoms with Crippen LogP contribution in [0, 0.1) is 0 Å². The number of H-pyrrole nitrogens is 1. The summed E-state index contributed by atoms with van der Waals surface area (Å²) < 4.78 is 5.73. The zero-order valence-electron chi connectivity index (χ0n) is 11.0. The molecule has 0 amide bonds. The van der Waals surface area contributed by atoms with Gasteiger partial charge in [-0.2, -0.15) is 0 Å². The first kappa shape index (κ1) is 13.6. The zero-order valence-corrected chi connectivity index (χ0v) is 11.8. The fourth-order valence-corrected chi connectivity index (χ4v) is 2.21. The van der Waals surface area contributed by atoms with Crippen LogP contribution in [-0.4, -0.2) is 26.6 Å². The predicted molar refractivity (Wildman–Crippen MR) is 79.7 cm³/mol. The number of Topliss-reactive ketones (excluding diaryl/α,β-unsaturated/α-hetero) is 1. The minimum Gasteiger partial charge on any atom is -0.472 e. The molecule has 0 aliphatic rings. The lowest BCUT2D eigenvalue weighted by Gasteiger charge is -2.07. The Morgan fingerprint density at radius 2 is 2.05 bits per heavy atom. The van der Waals surface area contributed by atoms with Gasteiger partial charge in [-0.25, -0.2) is 9.97 Å². The first-order valence-corrected chi connectivity index (χ1v) is 6.91. The van der Waals surface area contributed by atoms with Crippen molar-refractivity contribution in [2.45, 2.75) is 6.61 Å². The third-order valence-electron chi connectivity index (χ3n) is 3.08. The van der Waals surface area contributed by atoms with Crippen molar-refractivity contribution in [3.63, 3.8) is 0 Å². The first-order chi connectivity index (χ1) is 10.3. The Morgan fingerprint density at radius 3 is 2.81 bits per heavy atom. The van der Waals surface area contributed by atoms with E-state index in [9.17, 15) is 4.79 Å². The van der Waals surface area contributed by atoms with E-state index < -0.39 is 0 Å². The van der Waals surface area contributed by atoms with Gasteiger partial charge in [0, 0.05) is 6.20 Å². The van der Waals surface area contributed by atoms with Gasteiger partial charge in [0.1, 0.15) is 18.6 Å². The van der Waals surface area contributed by atoms with Crippen molar-refractivity contribution in [3.8, 4) is 5.88 Å². The molecule has 3 aromatic rings. The van der Waals surface area contributed by atoms with Gasteiger partial charge in [0.05, 0.1) is 16.8 Å². The predicted octanol–water partition coefficient (Wildman–Crippen LogP) is 2.96. The van der Waals surface area contributed by atoms with Crippen LogP contribution in [0.3, 0.4) is 0 Å². The monoisotopic (exact) mass is 301 g/mol. The van der Waals surface area contributed by atoms with Gasteiger partial charge in [0.2, 0.25) is 5.88 Å². The molecule has 0 aliphatic heterocycles. The molecule has 0 radical (unpaired) electrons. The summed E-state index contributed by atoms with van der Waals surface area (Å²) in [5.74, 6) is 0.0841. The largest absolute Gasteiger partial charge is 0.472 e. The second kappa shape index (κ2) is 5.93. The number of nitrogens with one attached hydrogen (secondary N) is 1. The van der Waals surface area contributed by atoms with Crippen molar-refractivity contribution in [1.82, 2.24) is 15.0 Å². The number of carbonyl (C=O) groups is 1. The molecular formula is C15H12ClN3O2. The van der Waals surface area contributed by atoms with Gasteiger partial charge >= 0.3 is 0 Å². The number of aromatic nitrogens is 3. The van der Waals surface area contributed by atoms with Crippen LogP contribution in [0.2, 0.25) is 0 Å². The summed E-state index contributed by atoms with van der Waals surface area (Å²) in [7, 11) is 0. The number of hydrogen-bond donors (Lipinski definition) is 1. The van der Waals surface area contributed by atoms with Gasteiger partial charge in [0.25, 0.3) is 0 Å². The maximum Gasteiger partial charge on any atom is 0.227 e. The van der Waals surface area contributed by atoms with Gasteiger partial charge in [0.15, 0.2) is 5.78 Å². The molecule has 0 saturated heterocycles. The number of carbonyl (C=O) groups excluding carboxylic acids is 1. The van der Waals surface area contributed by atoms with E-state index in [1.54, 1.807) is 6.20 Å². The Hall–Kier alpha value is -2.40. The van der Waals surface area contributed by atoms with E-state index in [0.29, 0.717) is 29.1 Å². The Balaban J connectivity index is 1.94. The maximum absolute atomic E-state index is 11.9. The maximum atomic E-state index is 11.9. The molecule has 0 bridgehead atoms. The molecule has 21 heavy (non-hydrogen) atoms. The van der Waals surface area contributed by atoms with E-state index >= 15 is 0 Å². The van der Waals surface area contributed by atoms with E-state index in [0.717, 1.165) is 5.56 Å². The highest BCUT2D eigenvalue weighted by molar-refractivity contribution is 6.32. The number of alkyl halides is 1. The Labute approximate surface area is 125 Å². The third kappa shape index (κ3) is 2.73. The summed E-state index contributed by atoms with van der Waals surface area (Å²) in [4.78, 5) is 23.0. The third-order valence-corrected chi connectivity index (χ3v) is 3.32. The van der Waals surface area contributed by atoms with Crippen molar-refractivity contribution >= 4 is 28.4 Å². The SMILES string of the molecule is O=C(CCl)c1c[nH]c2ncnc(OCc3ccccc3)c12. The lowest BCUT2D eigenvalue weighted by molar-refractivity contribution is 0.102. The highest BCUT2D eigenvalue weighted by Crippen LogP contribution is 2.26. The fraction of sp³-hybridized carbons (Fsp3) is 0.133. The molecule has 0 unspecified atom stereocenters. The van der Waals surface area contributed by atoms with Crippen molar-refractivity contribution in [3.05, 3.63) is 54.0 Å². The molecule has 0 atom stereocenters. The van der Waals surface area contributed by atoms with Crippen LogP contribution < -0.4 is 4.74 Å². The average Bonchev–Trinajstić information content (AvgIpc) is 2.98. The summed E-state index contributed by atoms with van der Waals surface area (Å²) >= 11 is 5.62. The average molecular weight is 302 g/mol. The van der Waals surface area contributed by atoms with E-state index in [2.05, 4.69) is 15.0 Å². The minimum atomic E-state index is -0.192. The lowest BCUT2D eigenvalue weighted by atomic mass is 10.2. The van der Waals surface area contributed by atoms with Crippen LogP contribution in [0.1, 0.15) is 15.9 Å². The van der Waals surface area contributed by atoms with Crippen LogP contribution in [0.15, 0.2) is 42.9 Å². The van der Waals surface area contributed by atoms with Crippen LogP contribution in [-0.2, 0) is 6.61 Å². The standard InChI is InChI=1S/C15H12ClN3O2/c16-6-12(20)11-7-17-14-13(11)15(19-9-18-14)21-8-10-4-2-1-3-5-10/h1-5,7,9H,6,8H2,(H,17,18,19). The van der Waals surface area contributed by atoms with Gasteiger partial charge in [-0.1, -0.05) is 30.3 Å². The van der Waals surface area contributed by atoms with E-state index in [4.69, 9.17) is 16.3 Å². The van der Waals surface area contributed by atoms with Crippen LogP contribution in [0.25, 0.3) is 11.0 Å². The molecule has 2 aromatic heterocycles. The number of rotatable bonds is 5. The zero-order chi connectivity index (χ0) is 14.7. The molecule has 0 fully saturated rings. The number of ketones is 1. The Morgan fingerprint density at radius 1 is 1.24 bits per heavy atom. The molecule has 3 rings (SSSR count). The number of halogens is 1. The first-order valence-electron chi connectivity index (χ1n) is 6.37. The van der Waals surface area contributed by atoms with Crippen molar-refractivity contribution < 1.29 is 9.53 Å². The van der Waals surface area contributed by atoms with Crippen molar-refractivity contribution in [2.24, 2.45) is 0 Å². The highest BCUT2D eigenvalue weighted by atomic mass is 35.5. The molecule has 1 aromatic carbocycles. The van der Waals surface area contributed by atoms with E-state index in [1.807, 2.05) is 30.3 Å². The summed E-state index contributed by atoms with van der Waals surface area (Å²) in [5.41, 5.74) is 2.02. The minimum absolute atomic E-state index is 0.0972. The van der Waals surface area contributed by atoms with Crippen LogP contribution in [0.4, 0.5) is 0 Å². The molecule has 0 saturated carbocycles. The van der Waals surface area contributed by atoms with E-state index in [1.165, 1.54) is 6.33 Å². The number of ether oxygens (including phenoxy) is 1.